The predicted molar refractivity (Wildman–Crippen MR) is 109 cm³/mol. The highest BCUT2D eigenvalue weighted by Gasteiger charge is 2.47. The summed E-state index contributed by atoms with van der Waals surface area (Å²) in [7, 11) is 0. The molecule has 0 bridgehead atoms. The third-order valence-electron chi connectivity index (χ3n) is 6.12. The lowest BCUT2D eigenvalue weighted by Gasteiger charge is -2.39. The molecule has 4 nitrogen and oxygen atoms in total. The summed E-state index contributed by atoms with van der Waals surface area (Å²) in [6.07, 6.45) is 4.18. The number of nitrogens with one attached hydrogen (secondary N) is 1. The second-order valence-electron chi connectivity index (χ2n) is 8.21. The van der Waals surface area contributed by atoms with Crippen LogP contribution in [-0.4, -0.2) is 40.5 Å². The van der Waals surface area contributed by atoms with Gasteiger partial charge >= 0.3 is 0 Å². The first kappa shape index (κ1) is 17.7. The molecule has 1 aliphatic heterocycles. The normalized spacial score (nSPS) is 20.9. The number of aryl methyl sites for hydroxylation is 1. The van der Waals surface area contributed by atoms with Crippen molar-refractivity contribution >= 4 is 10.9 Å². The molecule has 1 unspecified atom stereocenters. The number of nitrogens with zero attached hydrogens (tertiary/aromatic N) is 2. The molecule has 1 saturated carbocycles. The summed E-state index contributed by atoms with van der Waals surface area (Å²) in [5, 5.41) is 8.48. The largest absolute Gasteiger partial charge is 0.494 e. The SMILES string of the molecule is CCOc1cc(C)ccc1C1c2ccc3[nH]ncc3c2CCN1CC1(F)CC1. The lowest BCUT2D eigenvalue weighted by molar-refractivity contribution is 0.138. The average molecular weight is 379 g/mol. The van der Waals surface area contributed by atoms with Crippen LogP contribution in [0.3, 0.4) is 0 Å². The van der Waals surface area contributed by atoms with Crippen molar-refractivity contribution in [2.45, 2.75) is 44.8 Å². The summed E-state index contributed by atoms with van der Waals surface area (Å²) in [5.41, 5.74) is 4.90. The van der Waals surface area contributed by atoms with Gasteiger partial charge in [-0.15, -0.1) is 0 Å². The number of aromatic amines is 1. The molecule has 2 aromatic carbocycles. The van der Waals surface area contributed by atoms with Crippen molar-refractivity contribution in [2.75, 3.05) is 19.7 Å². The second-order valence-corrected chi connectivity index (χ2v) is 8.21. The van der Waals surface area contributed by atoms with Crippen molar-refractivity contribution in [3.8, 4) is 5.75 Å². The quantitative estimate of drug-likeness (QED) is 0.697. The van der Waals surface area contributed by atoms with Gasteiger partial charge in [0, 0.05) is 24.0 Å². The monoisotopic (exact) mass is 379 g/mol. The molecule has 0 saturated heterocycles. The molecule has 0 amide bonds. The van der Waals surface area contributed by atoms with Crippen LogP contribution in [0.1, 0.15) is 48.1 Å². The summed E-state index contributed by atoms with van der Waals surface area (Å²) in [5.74, 6) is 0.904. The van der Waals surface area contributed by atoms with E-state index in [1.54, 1.807) is 0 Å². The highest BCUT2D eigenvalue weighted by atomic mass is 19.1. The molecule has 1 aliphatic carbocycles. The Morgan fingerprint density at radius 3 is 2.86 bits per heavy atom. The van der Waals surface area contributed by atoms with Gasteiger partial charge in [0.25, 0.3) is 0 Å². The van der Waals surface area contributed by atoms with Crippen molar-refractivity contribution in [3.63, 3.8) is 0 Å². The zero-order chi connectivity index (χ0) is 19.3. The van der Waals surface area contributed by atoms with Crippen molar-refractivity contribution in [3.05, 3.63) is 58.8 Å². The number of H-pyrrole nitrogens is 1. The van der Waals surface area contributed by atoms with Crippen molar-refractivity contribution in [2.24, 2.45) is 0 Å². The average Bonchev–Trinajstić information content (AvgIpc) is 3.21. The highest BCUT2D eigenvalue weighted by molar-refractivity contribution is 5.83. The second kappa shape index (κ2) is 6.59. The van der Waals surface area contributed by atoms with Crippen LogP contribution in [0, 0.1) is 6.92 Å². The first-order valence-electron chi connectivity index (χ1n) is 10.2. The van der Waals surface area contributed by atoms with E-state index in [1.165, 1.54) is 22.1 Å². The van der Waals surface area contributed by atoms with Gasteiger partial charge in [-0.25, -0.2) is 4.39 Å². The predicted octanol–water partition coefficient (Wildman–Crippen LogP) is 4.72. The molecule has 0 radical (unpaired) electrons. The van der Waals surface area contributed by atoms with E-state index in [0.29, 0.717) is 26.0 Å². The molecule has 1 aromatic heterocycles. The number of benzene rings is 2. The standard InChI is InChI=1S/C23H26FN3O/c1-3-28-21-12-15(2)4-5-18(21)22-17-6-7-20-19(13-25-26-20)16(17)8-11-27(22)14-23(24)9-10-23/h4-7,12-13,22H,3,8-11,14H2,1-2H3,(H,25,26). The Morgan fingerprint density at radius 2 is 2.07 bits per heavy atom. The number of halogens is 1. The summed E-state index contributed by atoms with van der Waals surface area (Å²) in [6, 6.07) is 10.7. The number of hydrogen-bond donors (Lipinski definition) is 1. The van der Waals surface area contributed by atoms with Crippen molar-refractivity contribution in [1.82, 2.24) is 15.1 Å². The molecule has 1 atom stereocenters. The molecular weight excluding hydrogens is 353 g/mol. The lowest BCUT2D eigenvalue weighted by Crippen LogP contribution is -2.40. The third kappa shape index (κ3) is 2.98. The molecule has 5 heteroatoms. The highest BCUT2D eigenvalue weighted by Crippen LogP contribution is 2.46. The topological polar surface area (TPSA) is 41.1 Å². The van der Waals surface area contributed by atoms with E-state index in [-0.39, 0.29) is 6.04 Å². The van der Waals surface area contributed by atoms with Crippen molar-refractivity contribution in [1.29, 1.82) is 0 Å². The fourth-order valence-corrected chi connectivity index (χ4v) is 4.55. The number of hydrogen-bond acceptors (Lipinski definition) is 3. The summed E-state index contributed by atoms with van der Waals surface area (Å²) in [4.78, 5) is 2.31. The molecule has 146 valence electrons. The Bertz CT molecular complexity index is 1020. The van der Waals surface area contributed by atoms with E-state index in [9.17, 15) is 4.39 Å². The summed E-state index contributed by atoms with van der Waals surface area (Å²) in [6.45, 7) is 6.03. The van der Waals surface area contributed by atoms with Crippen LogP contribution in [-0.2, 0) is 6.42 Å². The van der Waals surface area contributed by atoms with Crippen LogP contribution in [0.25, 0.3) is 10.9 Å². The molecular formula is C23H26FN3O. The molecule has 1 N–H and O–H groups in total. The van der Waals surface area contributed by atoms with Gasteiger partial charge in [-0.3, -0.25) is 10.00 Å². The maximum Gasteiger partial charge on any atom is 0.124 e. The van der Waals surface area contributed by atoms with Gasteiger partial charge in [-0.2, -0.15) is 5.10 Å². The summed E-state index contributed by atoms with van der Waals surface area (Å²) >= 11 is 0. The smallest absolute Gasteiger partial charge is 0.124 e. The van der Waals surface area contributed by atoms with Gasteiger partial charge in [0.1, 0.15) is 11.4 Å². The molecule has 0 spiro atoms. The number of fused-ring (bicyclic) bond motifs is 3. The van der Waals surface area contributed by atoms with Crippen molar-refractivity contribution < 1.29 is 9.13 Å². The fourth-order valence-electron chi connectivity index (χ4n) is 4.55. The van der Waals surface area contributed by atoms with E-state index < -0.39 is 5.67 Å². The van der Waals surface area contributed by atoms with Crippen LogP contribution in [0.4, 0.5) is 4.39 Å². The number of rotatable bonds is 5. The molecule has 1 fully saturated rings. The zero-order valence-electron chi connectivity index (χ0n) is 16.5. The Labute approximate surface area is 164 Å². The maximum atomic E-state index is 14.8. The van der Waals surface area contributed by atoms with Gasteiger partial charge in [0.05, 0.1) is 24.4 Å². The van der Waals surface area contributed by atoms with Gasteiger partial charge < -0.3 is 4.74 Å². The molecule has 28 heavy (non-hydrogen) atoms. The van der Waals surface area contributed by atoms with E-state index in [0.717, 1.165) is 29.8 Å². The zero-order valence-corrected chi connectivity index (χ0v) is 16.5. The fraction of sp³-hybridized carbons (Fsp3) is 0.435. The lowest BCUT2D eigenvalue weighted by atomic mass is 9.85. The van der Waals surface area contributed by atoms with Gasteiger partial charge in [0.2, 0.25) is 0 Å². The number of alkyl halides is 1. The Hall–Kier alpha value is -2.40. The molecule has 2 heterocycles. The third-order valence-corrected chi connectivity index (χ3v) is 6.12. The number of ether oxygens (including phenoxy) is 1. The van der Waals surface area contributed by atoms with Gasteiger partial charge in [0.15, 0.2) is 0 Å². The Balaban J connectivity index is 1.66. The van der Waals surface area contributed by atoms with Gasteiger partial charge in [-0.05, 0) is 61.9 Å². The van der Waals surface area contributed by atoms with Crippen LogP contribution < -0.4 is 4.74 Å². The number of aromatic nitrogens is 2. The summed E-state index contributed by atoms with van der Waals surface area (Å²) < 4.78 is 20.8. The van der Waals surface area contributed by atoms with Crippen LogP contribution in [0.2, 0.25) is 0 Å². The van der Waals surface area contributed by atoms with E-state index in [1.807, 2.05) is 13.1 Å². The van der Waals surface area contributed by atoms with Crippen LogP contribution in [0.5, 0.6) is 5.75 Å². The Morgan fingerprint density at radius 1 is 1.25 bits per heavy atom. The molecule has 2 aliphatic rings. The minimum Gasteiger partial charge on any atom is -0.494 e. The minimum atomic E-state index is -1.02. The molecule has 3 aromatic rings. The van der Waals surface area contributed by atoms with Crippen LogP contribution >= 0.6 is 0 Å². The minimum absolute atomic E-state index is 0.00146. The van der Waals surface area contributed by atoms with E-state index in [2.05, 4.69) is 52.4 Å². The Kier molecular flexibility index (Phi) is 4.16. The van der Waals surface area contributed by atoms with Crippen LogP contribution in [0.15, 0.2) is 36.5 Å². The van der Waals surface area contributed by atoms with E-state index >= 15 is 0 Å². The maximum absolute atomic E-state index is 14.8. The molecule has 5 rings (SSSR count). The first-order chi connectivity index (χ1) is 13.6. The first-order valence-corrected chi connectivity index (χ1v) is 10.2. The van der Waals surface area contributed by atoms with E-state index in [4.69, 9.17) is 4.74 Å². The van der Waals surface area contributed by atoms with Gasteiger partial charge in [-0.1, -0.05) is 18.2 Å².